The van der Waals surface area contributed by atoms with Crippen LogP contribution in [0.4, 0.5) is 0 Å². The van der Waals surface area contributed by atoms with Crippen molar-refractivity contribution in [1.29, 1.82) is 0 Å². The summed E-state index contributed by atoms with van der Waals surface area (Å²) in [5.41, 5.74) is 0.243. The average molecular weight is 260 g/mol. The molecule has 0 aromatic carbocycles. The second-order valence-electron chi connectivity index (χ2n) is 2.42. The first-order chi connectivity index (χ1) is 6.69. The van der Waals surface area contributed by atoms with Crippen LogP contribution in [-0.2, 0) is 4.74 Å². The van der Waals surface area contributed by atoms with Crippen molar-refractivity contribution in [3.63, 3.8) is 0 Å². The molecule has 1 rings (SSSR count). The van der Waals surface area contributed by atoms with E-state index in [1.165, 1.54) is 19.4 Å². The second-order valence-corrected chi connectivity index (χ2v) is 3.28. The van der Waals surface area contributed by atoms with Gasteiger partial charge < -0.3 is 9.47 Å². The molecule has 1 heterocycles. The Labute approximate surface area is 90.4 Å². The molecule has 1 aromatic rings. The van der Waals surface area contributed by atoms with Gasteiger partial charge in [-0.2, -0.15) is 0 Å². The van der Waals surface area contributed by atoms with Gasteiger partial charge in [-0.25, -0.2) is 9.78 Å². The summed E-state index contributed by atoms with van der Waals surface area (Å²) in [6.45, 7) is 2.08. The van der Waals surface area contributed by atoms with E-state index in [0.29, 0.717) is 16.8 Å². The van der Waals surface area contributed by atoms with Crippen molar-refractivity contribution in [2.75, 3.05) is 13.7 Å². The highest BCUT2D eigenvalue weighted by Crippen LogP contribution is 2.23. The maximum Gasteiger partial charge on any atom is 0.357 e. The van der Waals surface area contributed by atoms with Crippen LogP contribution in [-0.4, -0.2) is 24.7 Å². The minimum atomic E-state index is -0.446. The van der Waals surface area contributed by atoms with Gasteiger partial charge in [-0.1, -0.05) is 0 Å². The molecule has 0 saturated heterocycles. The monoisotopic (exact) mass is 259 g/mol. The molecule has 0 spiro atoms. The fourth-order valence-corrected chi connectivity index (χ4v) is 1.27. The van der Waals surface area contributed by atoms with Crippen LogP contribution in [0.2, 0.25) is 0 Å². The predicted molar refractivity (Wildman–Crippen MR) is 54.4 cm³/mol. The Balaban J connectivity index is 2.94. The number of aromatic nitrogens is 1. The molecule has 0 amide bonds. The Hall–Kier alpha value is -1.10. The third-order valence-electron chi connectivity index (χ3n) is 1.52. The van der Waals surface area contributed by atoms with E-state index in [-0.39, 0.29) is 5.69 Å². The highest BCUT2D eigenvalue weighted by atomic mass is 79.9. The van der Waals surface area contributed by atoms with Crippen molar-refractivity contribution in [2.45, 2.75) is 6.92 Å². The van der Waals surface area contributed by atoms with Gasteiger partial charge in [0.2, 0.25) is 0 Å². The van der Waals surface area contributed by atoms with Crippen molar-refractivity contribution in [3.05, 3.63) is 22.4 Å². The minimum Gasteiger partial charge on any atom is -0.495 e. The number of pyridine rings is 1. The van der Waals surface area contributed by atoms with Gasteiger partial charge in [-0.05, 0) is 22.9 Å². The normalized spacial score (nSPS) is 9.64. The van der Waals surface area contributed by atoms with E-state index in [1.54, 1.807) is 6.92 Å². The van der Waals surface area contributed by atoms with Gasteiger partial charge in [-0.15, -0.1) is 0 Å². The SMILES string of the molecule is CCOC(=O)c1cc(OC)c(Br)cn1. The Morgan fingerprint density at radius 2 is 2.36 bits per heavy atom. The van der Waals surface area contributed by atoms with Crippen molar-refractivity contribution in [1.82, 2.24) is 4.98 Å². The molecule has 0 radical (unpaired) electrons. The van der Waals surface area contributed by atoms with E-state index in [9.17, 15) is 4.79 Å². The number of ether oxygens (including phenoxy) is 2. The highest BCUT2D eigenvalue weighted by Gasteiger charge is 2.10. The number of halogens is 1. The number of carbonyl (C=O) groups is 1. The smallest absolute Gasteiger partial charge is 0.357 e. The third-order valence-corrected chi connectivity index (χ3v) is 2.12. The number of esters is 1. The van der Waals surface area contributed by atoms with Crippen molar-refractivity contribution in [2.24, 2.45) is 0 Å². The maximum atomic E-state index is 11.3. The first-order valence-electron chi connectivity index (χ1n) is 4.05. The number of nitrogens with zero attached hydrogens (tertiary/aromatic N) is 1. The lowest BCUT2D eigenvalue weighted by Crippen LogP contribution is -2.07. The lowest BCUT2D eigenvalue weighted by atomic mass is 10.3. The van der Waals surface area contributed by atoms with Crippen LogP contribution in [0, 0.1) is 0 Å². The first kappa shape index (κ1) is 11.0. The fraction of sp³-hybridized carbons (Fsp3) is 0.333. The van der Waals surface area contributed by atoms with E-state index in [2.05, 4.69) is 20.9 Å². The van der Waals surface area contributed by atoms with Gasteiger partial charge in [0.15, 0.2) is 5.69 Å². The molecule has 0 bridgehead atoms. The average Bonchev–Trinajstić information content (AvgIpc) is 2.19. The van der Waals surface area contributed by atoms with Gasteiger partial charge >= 0.3 is 5.97 Å². The molecule has 76 valence electrons. The first-order valence-corrected chi connectivity index (χ1v) is 4.85. The second kappa shape index (κ2) is 4.95. The molecule has 14 heavy (non-hydrogen) atoms. The van der Waals surface area contributed by atoms with E-state index in [4.69, 9.17) is 9.47 Å². The summed E-state index contributed by atoms with van der Waals surface area (Å²) in [4.78, 5) is 15.2. The van der Waals surface area contributed by atoms with Crippen LogP contribution in [0.5, 0.6) is 5.75 Å². The van der Waals surface area contributed by atoms with Crippen molar-refractivity contribution < 1.29 is 14.3 Å². The Bertz CT molecular complexity index is 341. The van der Waals surface area contributed by atoms with Crippen LogP contribution in [0.15, 0.2) is 16.7 Å². The molecule has 0 saturated carbocycles. The summed E-state index contributed by atoms with van der Waals surface area (Å²) in [6, 6.07) is 1.53. The zero-order valence-electron chi connectivity index (χ0n) is 7.91. The van der Waals surface area contributed by atoms with Gasteiger partial charge in [0.25, 0.3) is 0 Å². The Morgan fingerprint density at radius 1 is 1.64 bits per heavy atom. The van der Waals surface area contributed by atoms with Gasteiger partial charge in [0.05, 0.1) is 18.2 Å². The van der Waals surface area contributed by atoms with Crippen LogP contribution in [0.3, 0.4) is 0 Å². The van der Waals surface area contributed by atoms with E-state index >= 15 is 0 Å². The standard InChI is InChI=1S/C9H10BrNO3/c1-3-14-9(12)7-4-8(13-2)6(10)5-11-7/h4-5H,3H2,1-2H3. The zero-order valence-corrected chi connectivity index (χ0v) is 9.50. The van der Waals surface area contributed by atoms with E-state index in [1.807, 2.05) is 0 Å². The molecule has 1 aromatic heterocycles. The van der Waals surface area contributed by atoms with Crippen LogP contribution < -0.4 is 4.74 Å². The minimum absolute atomic E-state index is 0.243. The molecule has 0 fully saturated rings. The quantitative estimate of drug-likeness (QED) is 0.780. The van der Waals surface area contributed by atoms with Crippen molar-refractivity contribution in [3.8, 4) is 5.75 Å². The summed E-state index contributed by atoms with van der Waals surface area (Å²) in [5.74, 6) is 0.112. The maximum absolute atomic E-state index is 11.3. The molecule has 0 atom stereocenters. The summed E-state index contributed by atoms with van der Waals surface area (Å²) in [5, 5.41) is 0. The number of rotatable bonds is 3. The number of hydrogen-bond acceptors (Lipinski definition) is 4. The lowest BCUT2D eigenvalue weighted by molar-refractivity contribution is 0.0519. The highest BCUT2D eigenvalue weighted by molar-refractivity contribution is 9.10. The summed E-state index contributed by atoms with van der Waals surface area (Å²) < 4.78 is 10.5. The topological polar surface area (TPSA) is 48.4 Å². The molecule has 0 N–H and O–H groups in total. The van der Waals surface area contributed by atoms with Gasteiger partial charge in [0.1, 0.15) is 5.75 Å². The van der Waals surface area contributed by atoms with Crippen LogP contribution in [0.25, 0.3) is 0 Å². The number of carbonyl (C=O) groups excluding carboxylic acids is 1. The summed E-state index contributed by atoms with van der Waals surface area (Å²) >= 11 is 3.24. The number of methoxy groups -OCH3 is 1. The summed E-state index contributed by atoms with van der Waals surface area (Å²) in [7, 11) is 1.52. The Kier molecular flexibility index (Phi) is 3.88. The molecule has 0 unspecified atom stereocenters. The fourth-order valence-electron chi connectivity index (χ4n) is 0.893. The van der Waals surface area contributed by atoms with Gasteiger partial charge in [0, 0.05) is 12.3 Å². The predicted octanol–water partition coefficient (Wildman–Crippen LogP) is 2.03. The van der Waals surface area contributed by atoms with Crippen LogP contribution >= 0.6 is 15.9 Å². The third kappa shape index (κ3) is 2.45. The molecule has 4 nitrogen and oxygen atoms in total. The Morgan fingerprint density at radius 3 is 2.93 bits per heavy atom. The van der Waals surface area contributed by atoms with Crippen LogP contribution in [0.1, 0.15) is 17.4 Å². The molecular weight excluding hydrogens is 250 g/mol. The zero-order chi connectivity index (χ0) is 10.6. The number of hydrogen-bond donors (Lipinski definition) is 0. The largest absolute Gasteiger partial charge is 0.495 e. The molecule has 5 heteroatoms. The lowest BCUT2D eigenvalue weighted by Gasteiger charge is -2.05. The molecule has 0 aliphatic rings. The molecular formula is C9H10BrNO3. The van der Waals surface area contributed by atoms with Crippen molar-refractivity contribution >= 4 is 21.9 Å². The molecule has 0 aliphatic carbocycles. The van der Waals surface area contributed by atoms with E-state index in [0.717, 1.165) is 0 Å². The summed E-state index contributed by atoms with van der Waals surface area (Å²) in [6.07, 6.45) is 1.51. The van der Waals surface area contributed by atoms with Gasteiger partial charge in [-0.3, -0.25) is 0 Å². The van der Waals surface area contributed by atoms with E-state index < -0.39 is 5.97 Å². The molecule has 0 aliphatic heterocycles.